The van der Waals surface area contributed by atoms with E-state index in [0.29, 0.717) is 16.8 Å². The molecule has 0 saturated heterocycles. The molecule has 0 atom stereocenters. The molecule has 1 aromatic carbocycles. The number of carbonyl (C=O) groups excluding carboxylic acids is 1. The molecule has 1 amide bonds. The van der Waals surface area contributed by atoms with Gasteiger partial charge in [0.05, 0.1) is 11.4 Å². The van der Waals surface area contributed by atoms with Crippen LogP contribution in [0.1, 0.15) is 24.0 Å². The Morgan fingerprint density at radius 2 is 2.04 bits per heavy atom. The van der Waals surface area contributed by atoms with Crippen molar-refractivity contribution in [1.29, 1.82) is 0 Å². The smallest absolute Gasteiger partial charge is 0.271 e. The van der Waals surface area contributed by atoms with Crippen LogP contribution in [0.3, 0.4) is 0 Å². The van der Waals surface area contributed by atoms with E-state index in [0.717, 1.165) is 24.1 Å². The minimum Gasteiger partial charge on any atom is -0.353 e. The second-order valence-electron chi connectivity index (χ2n) is 5.82. The van der Waals surface area contributed by atoms with Crippen LogP contribution in [0.2, 0.25) is 0 Å². The summed E-state index contributed by atoms with van der Waals surface area (Å²) < 4.78 is 1.38. The van der Waals surface area contributed by atoms with E-state index in [1.165, 1.54) is 28.1 Å². The minimum atomic E-state index is -0.181. The molecule has 0 unspecified atom stereocenters. The molecule has 120 valence electrons. The first-order valence-electron chi connectivity index (χ1n) is 7.63. The maximum Gasteiger partial charge on any atom is 0.271 e. The summed E-state index contributed by atoms with van der Waals surface area (Å²) in [5.74, 6) is 0.331. The standard InChI is InChI=1S/C17H19N3O2S/c1-11-3-6-14(9-12(11)2)20-17(22)8-7-16(19-20)23-10-15(21)18-13-4-5-13/h3,6-9,13H,4-5,10H2,1-2H3,(H,18,21). The number of carbonyl (C=O) groups is 1. The zero-order valence-corrected chi connectivity index (χ0v) is 14.0. The average molecular weight is 329 g/mol. The molecule has 1 aliphatic rings. The molecule has 6 heteroatoms. The van der Waals surface area contributed by atoms with Gasteiger partial charge < -0.3 is 5.32 Å². The molecule has 1 N–H and O–H groups in total. The zero-order valence-electron chi connectivity index (χ0n) is 13.2. The van der Waals surface area contributed by atoms with Gasteiger partial charge in [-0.15, -0.1) is 0 Å². The van der Waals surface area contributed by atoms with Gasteiger partial charge in [0.25, 0.3) is 5.56 Å². The molecular formula is C17H19N3O2S. The van der Waals surface area contributed by atoms with E-state index in [4.69, 9.17) is 0 Å². The predicted octanol–water partition coefficient (Wildman–Crippen LogP) is 2.22. The van der Waals surface area contributed by atoms with Gasteiger partial charge in [-0.3, -0.25) is 9.59 Å². The number of benzene rings is 1. The van der Waals surface area contributed by atoms with Crippen LogP contribution in [-0.4, -0.2) is 27.5 Å². The Balaban J connectivity index is 1.76. The van der Waals surface area contributed by atoms with Gasteiger partial charge in [-0.2, -0.15) is 9.78 Å². The number of amides is 1. The summed E-state index contributed by atoms with van der Waals surface area (Å²) in [5, 5.41) is 7.97. The molecule has 0 bridgehead atoms. The van der Waals surface area contributed by atoms with Crippen LogP contribution in [0.4, 0.5) is 0 Å². The third-order valence-electron chi connectivity index (χ3n) is 3.80. The van der Waals surface area contributed by atoms with E-state index >= 15 is 0 Å². The molecule has 1 saturated carbocycles. The number of aryl methyl sites for hydroxylation is 2. The predicted molar refractivity (Wildman–Crippen MR) is 91.2 cm³/mol. The van der Waals surface area contributed by atoms with Crippen molar-refractivity contribution >= 4 is 17.7 Å². The highest BCUT2D eigenvalue weighted by Gasteiger charge is 2.23. The fourth-order valence-corrected chi connectivity index (χ4v) is 2.82. The van der Waals surface area contributed by atoms with Crippen LogP contribution in [0, 0.1) is 13.8 Å². The first kappa shape index (κ1) is 15.8. The van der Waals surface area contributed by atoms with Crippen LogP contribution in [0.25, 0.3) is 5.69 Å². The van der Waals surface area contributed by atoms with Crippen molar-refractivity contribution in [3.05, 3.63) is 51.8 Å². The number of hydrogen-bond acceptors (Lipinski definition) is 4. The van der Waals surface area contributed by atoms with E-state index in [1.807, 2.05) is 32.0 Å². The topological polar surface area (TPSA) is 64.0 Å². The highest BCUT2D eigenvalue weighted by atomic mass is 32.2. The second-order valence-corrected chi connectivity index (χ2v) is 6.82. The summed E-state index contributed by atoms with van der Waals surface area (Å²) in [6.07, 6.45) is 2.15. The quantitative estimate of drug-likeness (QED) is 0.854. The molecule has 3 rings (SSSR count). The molecule has 1 aliphatic carbocycles. The fraction of sp³-hybridized carbons (Fsp3) is 0.353. The van der Waals surface area contributed by atoms with Crippen LogP contribution in [0.15, 0.2) is 40.2 Å². The van der Waals surface area contributed by atoms with Crippen molar-refractivity contribution < 1.29 is 4.79 Å². The van der Waals surface area contributed by atoms with Gasteiger partial charge in [-0.05, 0) is 56.0 Å². The lowest BCUT2D eigenvalue weighted by Crippen LogP contribution is -2.27. The van der Waals surface area contributed by atoms with E-state index < -0.39 is 0 Å². The van der Waals surface area contributed by atoms with Crippen LogP contribution < -0.4 is 10.9 Å². The summed E-state index contributed by atoms with van der Waals surface area (Å²) in [7, 11) is 0. The van der Waals surface area contributed by atoms with Crippen LogP contribution in [0.5, 0.6) is 0 Å². The summed E-state index contributed by atoms with van der Waals surface area (Å²) in [5.41, 5.74) is 2.84. The molecule has 2 aromatic rings. The normalized spacial score (nSPS) is 13.8. The minimum absolute atomic E-state index is 0.0169. The third-order valence-corrected chi connectivity index (χ3v) is 4.72. The van der Waals surface area contributed by atoms with Gasteiger partial charge in [0.1, 0.15) is 5.03 Å². The number of rotatable bonds is 5. The Hall–Kier alpha value is -2.08. The van der Waals surface area contributed by atoms with Crippen LogP contribution in [-0.2, 0) is 4.79 Å². The van der Waals surface area contributed by atoms with Crippen molar-refractivity contribution in [1.82, 2.24) is 15.1 Å². The lowest BCUT2D eigenvalue weighted by molar-refractivity contribution is -0.118. The van der Waals surface area contributed by atoms with E-state index in [2.05, 4.69) is 10.4 Å². The highest BCUT2D eigenvalue weighted by molar-refractivity contribution is 7.99. The van der Waals surface area contributed by atoms with Gasteiger partial charge in [0.15, 0.2) is 0 Å². The molecule has 23 heavy (non-hydrogen) atoms. The summed E-state index contributed by atoms with van der Waals surface area (Å²) in [6, 6.07) is 9.31. The van der Waals surface area contributed by atoms with Gasteiger partial charge in [0, 0.05) is 12.1 Å². The molecule has 1 fully saturated rings. The Kier molecular flexibility index (Phi) is 4.52. The number of nitrogens with one attached hydrogen (secondary N) is 1. The average Bonchev–Trinajstić information content (AvgIpc) is 3.33. The first-order valence-corrected chi connectivity index (χ1v) is 8.61. The Morgan fingerprint density at radius 1 is 1.26 bits per heavy atom. The fourth-order valence-electron chi connectivity index (χ4n) is 2.15. The lowest BCUT2D eigenvalue weighted by atomic mass is 10.1. The number of hydrogen-bond donors (Lipinski definition) is 1. The van der Waals surface area contributed by atoms with E-state index in [1.54, 1.807) is 6.07 Å². The maximum absolute atomic E-state index is 12.1. The van der Waals surface area contributed by atoms with Crippen molar-refractivity contribution in [2.24, 2.45) is 0 Å². The zero-order chi connectivity index (χ0) is 16.4. The summed E-state index contributed by atoms with van der Waals surface area (Å²) in [4.78, 5) is 23.8. The van der Waals surface area contributed by atoms with Crippen molar-refractivity contribution in [2.45, 2.75) is 37.8 Å². The molecule has 0 aliphatic heterocycles. The maximum atomic E-state index is 12.1. The monoisotopic (exact) mass is 329 g/mol. The first-order chi connectivity index (χ1) is 11.0. The number of thioether (sulfide) groups is 1. The van der Waals surface area contributed by atoms with Crippen molar-refractivity contribution in [3.8, 4) is 5.69 Å². The van der Waals surface area contributed by atoms with E-state index in [-0.39, 0.29) is 11.5 Å². The van der Waals surface area contributed by atoms with Crippen molar-refractivity contribution in [2.75, 3.05) is 5.75 Å². The molecule has 1 aromatic heterocycles. The van der Waals surface area contributed by atoms with Gasteiger partial charge >= 0.3 is 0 Å². The van der Waals surface area contributed by atoms with Crippen LogP contribution >= 0.6 is 11.8 Å². The lowest BCUT2D eigenvalue weighted by Gasteiger charge is -2.09. The Labute approximate surface area is 139 Å². The summed E-state index contributed by atoms with van der Waals surface area (Å²) in [6.45, 7) is 4.03. The number of nitrogens with zero attached hydrogens (tertiary/aromatic N) is 2. The van der Waals surface area contributed by atoms with Gasteiger partial charge in [0.2, 0.25) is 5.91 Å². The third kappa shape index (κ3) is 4.01. The highest BCUT2D eigenvalue weighted by Crippen LogP contribution is 2.20. The molecule has 5 nitrogen and oxygen atoms in total. The molecule has 0 radical (unpaired) electrons. The molecule has 1 heterocycles. The largest absolute Gasteiger partial charge is 0.353 e. The van der Waals surface area contributed by atoms with Crippen molar-refractivity contribution in [3.63, 3.8) is 0 Å². The Bertz CT molecular complexity index is 797. The molecular weight excluding hydrogens is 310 g/mol. The second kappa shape index (κ2) is 6.58. The van der Waals surface area contributed by atoms with E-state index in [9.17, 15) is 9.59 Å². The summed E-state index contributed by atoms with van der Waals surface area (Å²) >= 11 is 1.34. The number of aromatic nitrogens is 2. The van der Waals surface area contributed by atoms with Gasteiger partial charge in [-0.1, -0.05) is 17.8 Å². The van der Waals surface area contributed by atoms with Gasteiger partial charge in [-0.25, -0.2) is 0 Å². The molecule has 0 spiro atoms. The SMILES string of the molecule is Cc1ccc(-n2nc(SCC(=O)NC3CC3)ccc2=O)cc1C. The Morgan fingerprint density at radius 3 is 2.74 bits per heavy atom.